The molecule has 1 aliphatic carbocycles. The Morgan fingerprint density at radius 3 is 2.18 bits per heavy atom. The van der Waals surface area contributed by atoms with Gasteiger partial charge in [0.1, 0.15) is 0 Å². The molecule has 1 fully saturated rings. The maximum atomic E-state index is 5.89. The van der Waals surface area contributed by atoms with Gasteiger partial charge in [-0.05, 0) is 24.1 Å². The van der Waals surface area contributed by atoms with Gasteiger partial charge < -0.3 is 0 Å². The molecule has 0 unspecified atom stereocenters. The molecule has 0 radical (unpaired) electrons. The first-order valence-electron chi connectivity index (χ1n) is 3.67. The van der Waals surface area contributed by atoms with Crippen LogP contribution in [-0.2, 0) is 0 Å². The number of hydrogen-bond acceptors (Lipinski definition) is 0. The number of rotatable bonds is 1. The maximum absolute atomic E-state index is 5.89. The van der Waals surface area contributed by atoms with E-state index in [-0.39, 0.29) is 0 Å². The Balaban J connectivity index is 2.21. The van der Waals surface area contributed by atoms with Gasteiger partial charge in [0.2, 0.25) is 0 Å². The summed E-state index contributed by atoms with van der Waals surface area (Å²) in [7, 11) is 0. The number of alkyl halides is 1. The molecule has 2 atom stereocenters. The molecule has 0 N–H and O–H groups in total. The predicted octanol–water partition coefficient (Wildman–Crippen LogP) is 3.43. The minimum Gasteiger partial charge on any atom is -0.122 e. The average molecular weight is 187 g/mol. The lowest BCUT2D eigenvalue weighted by molar-refractivity contribution is 1.13. The summed E-state index contributed by atoms with van der Waals surface area (Å²) in [6, 6.07) is 7.93. The highest BCUT2D eigenvalue weighted by molar-refractivity contribution is 6.30. The lowest BCUT2D eigenvalue weighted by Crippen LogP contribution is -1.79. The van der Waals surface area contributed by atoms with Gasteiger partial charge >= 0.3 is 0 Å². The average Bonchev–Trinajstić information content (AvgIpc) is 2.69. The Kier molecular flexibility index (Phi) is 1.82. The Labute approximate surface area is 76.1 Å². The molecule has 2 heteroatoms. The van der Waals surface area contributed by atoms with Crippen LogP contribution in [0.5, 0.6) is 0 Å². The fourth-order valence-electron chi connectivity index (χ4n) is 1.22. The second-order valence-corrected chi connectivity index (χ2v) is 3.91. The van der Waals surface area contributed by atoms with Crippen molar-refractivity contribution in [1.82, 2.24) is 0 Å². The standard InChI is InChI=1S/C9H8Cl2/c10-7-3-1-6(2-4-7)8-5-9(8)11/h1-4,8-9H,5H2/t8-,9-/m1/s1. The molecule has 0 heterocycles. The van der Waals surface area contributed by atoms with Crippen molar-refractivity contribution in [2.45, 2.75) is 17.7 Å². The van der Waals surface area contributed by atoms with E-state index in [0.29, 0.717) is 11.3 Å². The summed E-state index contributed by atoms with van der Waals surface area (Å²) in [5, 5.41) is 1.15. The number of hydrogen-bond donors (Lipinski definition) is 0. The Bertz CT molecular complexity index is 253. The Hall–Kier alpha value is -0.200. The predicted molar refractivity (Wildman–Crippen MR) is 48.5 cm³/mol. The van der Waals surface area contributed by atoms with Gasteiger partial charge in [0.05, 0.1) is 0 Å². The van der Waals surface area contributed by atoms with Crippen molar-refractivity contribution in [2.75, 3.05) is 0 Å². The summed E-state index contributed by atoms with van der Waals surface area (Å²) < 4.78 is 0. The summed E-state index contributed by atoms with van der Waals surface area (Å²) in [5.74, 6) is 0.578. The minimum atomic E-state index is 0.358. The van der Waals surface area contributed by atoms with Crippen molar-refractivity contribution in [3.05, 3.63) is 34.9 Å². The molecular formula is C9H8Cl2. The Morgan fingerprint density at radius 1 is 1.18 bits per heavy atom. The molecule has 0 spiro atoms. The second-order valence-electron chi connectivity index (χ2n) is 2.91. The summed E-state index contributed by atoms with van der Waals surface area (Å²) in [4.78, 5) is 0. The molecule has 1 aromatic carbocycles. The van der Waals surface area contributed by atoms with Crippen molar-refractivity contribution in [2.24, 2.45) is 0 Å². The molecule has 11 heavy (non-hydrogen) atoms. The van der Waals surface area contributed by atoms with Crippen LogP contribution < -0.4 is 0 Å². The topological polar surface area (TPSA) is 0 Å². The molecule has 0 nitrogen and oxygen atoms in total. The zero-order valence-electron chi connectivity index (χ0n) is 5.93. The molecule has 0 aromatic heterocycles. The quantitative estimate of drug-likeness (QED) is 0.590. The first-order chi connectivity index (χ1) is 5.27. The zero-order valence-corrected chi connectivity index (χ0v) is 7.44. The van der Waals surface area contributed by atoms with E-state index in [4.69, 9.17) is 23.2 Å². The van der Waals surface area contributed by atoms with Crippen molar-refractivity contribution in [3.8, 4) is 0 Å². The molecule has 1 saturated carbocycles. The smallest absolute Gasteiger partial charge is 0.0411 e. The van der Waals surface area contributed by atoms with E-state index in [0.717, 1.165) is 11.4 Å². The minimum absolute atomic E-state index is 0.358. The van der Waals surface area contributed by atoms with E-state index in [1.807, 2.05) is 12.1 Å². The van der Waals surface area contributed by atoms with Crippen molar-refractivity contribution < 1.29 is 0 Å². The third-order valence-electron chi connectivity index (χ3n) is 2.01. The summed E-state index contributed by atoms with van der Waals surface area (Å²) in [5.41, 5.74) is 1.31. The van der Waals surface area contributed by atoms with Gasteiger partial charge in [-0.2, -0.15) is 0 Å². The first-order valence-corrected chi connectivity index (χ1v) is 4.48. The van der Waals surface area contributed by atoms with Crippen LogP contribution in [0.25, 0.3) is 0 Å². The summed E-state index contributed by atoms with van der Waals surface area (Å²) >= 11 is 11.6. The fraction of sp³-hybridized carbons (Fsp3) is 0.333. The van der Waals surface area contributed by atoms with Gasteiger partial charge in [-0.25, -0.2) is 0 Å². The molecule has 2 rings (SSSR count). The van der Waals surface area contributed by atoms with Crippen LogP contribution in [0.15, 0.2) is 24.3 Å². The first kappa shape index (κ1) is 7.45. The van der Waals surface area contributed by atoms with Gasteiger partial charge in [0.25, 0.3) is 0 Å². The van der Waals surface area contributed by atoms with Crippen molar-refractivity contribution >= 4 is 23.2 Å². The van der Waals surface area contributed by atoms with E-state index < -0.39 is 0 Å². The highest BCUT2D eigenvalue weighted by Gasteiger charge is 2.36. The lowest BCUT2D eigenvalue weighted by atomic mass is 10.1. The van der Waals surface area contributed by atoms with Gasteiger partial charge in [0, 0.05) is 16.3 Å². The van der Waals surface area contributed by atoms with Crippen molar-refractivity contribution in [3.63, 3.8) is 0 Å². The molecule has 58 valence electrons. The van der Waals surface area contributed by atoms with Crippen molar-refractivity contribution in [1.29, 1.82) is 0 Å². The monoisotopic (exact) mass is 186 g/mol. The fourth-order valence-corrected chi connectivity index (χ4v) is 1.68. The molecule has 1 aliphatic rings. The molecule has 0 bridgehead atoms. The third-order valence-corrected chi connectivity index (χ3v) is 2.75. The van der Waals surface area contributed by atoms with E-state index in [1.54, 1.807) is 0 Å². The molecular weight excluding hydrogens is 179 g/mol. The van der Waals surface area contributed by atoms with Crippen LogP contribution in [0, 0.1) is 0 Å². The number of benzene rings is 1. The van der Waals surface area contributed by atoms with Gasteiger partial charge in [0.15, 0.2) is 0 Å². The summed E-state index contributed by atoms with van der Waals surface area (Å²) in [6.07, 6.45) is 1.11. The molecule has 0 saturated heterocycles. The highest BCUT2D eigenvalue weighted by Crippen LogP contribution is 2.45. The van der Waals surface area contributed by atoms with Crippen LogP contribution in [0.3, 0.4) is 0 Å². The van der Waals surface area contributed by atoms with Gasteiger partial charge in [-0.1, -0.05) is 23.7 Å². The van der Waals surface area contributed by atoms with E-state index >= 15 is 0 Å². The lowest BCUT2D eigenvalue weighted by Gasteiger charge is -1.96. The van der Waals surface area contributed by atoms with Gasteiger partial charge in [-0.15, -0.1) is 11.6 Å². The molecule has 0 amide bonds. The van der Waals surface area contributed by atoms with Crippen LogP contribution in [0.4, 0.5) is 0 Å². The van der Waals surface area contributed by atoms with Crippen LogP contribution in [0.1, 0.15) is 17.9 Å². The zero-order chi connectivity index (χ0) is 7.84. The van der Waals surface area contributed by atoms with Crippen LogP contribution >= 0.6 is 23.2 Å². The van der Waals surface area contributed by atoms with E-state index in [1.165, 1.54) is 5.56 Å². The Morgan fingerprint density at radius 2 is 1.73 bits per heavy atom. The summed E-state index contributed by atoms with van der Waals surface area (Å²) in [6.45, 7) is 0. The molecule has 1 aromatic rings. The SMILES string of the molecule is Clc1ccc([C@H]2C[C@H]2Cl)cc1. The van der Waals surface area contributed by atoms with E-state index in [9.17, 15) is 0 Å². The normalized spacial score (nSPS) is 28.5. The number of halogens is 2. The largest absolute Gasteiger partial charge is 0.122 e. The van der Waals surface area contributed by atoms with Crippen LogP contribution in [0.2, 0.25) is 5.02 Å². The van der Waals surface area contributed by atoms with Gasteiger partial charge in [-0.3, -0.25) is 0 Å². The maximum Gasteiger partial charge on any atom is 0.0411 e. The third kappa shape index (κ3) is 1.52. The second kappa shape index (κ2) is 2.69. The molecule has 0 aliphatic heterocycles. The van der Waals surface area contributed by atoms with Crippen LogP contribution in [-0.4, -0.2) is 5.38 Å². The highest BCUT2D eigenvalue weighted by atomic mass is 35.5. The van der Waals surface area contributed by atoms with E-state index in [2.05, 4.69) is 12.1 Å².